The van der Waals surface area contributed by atoms with E-state index in [9.17, 15) is 22.8 Å². The fourth-order valence-electron chi connectivity index (χ4n) is 2.83. The lowest BCUT2D eigenvalue weighted by atomic mass is 10.2. The van der Waals surface area contributed by atoms with Crippen LogP contribution in [0.15, 0.2) is 23.0 Å². The SMILES string of the molecule is O=C(Cn1nc2n(c1=O)CCCCC2)Nc1ccc(OC(F)F)c(F)c1. The van der Waals surface area contributed by atoms with Crippen molar-refractivity contribution in [1.29, 1.82) is 0 Å². The van der Waals surface area contributed by atoms with Crippen molar-refractivity contribution in [3.63, 3.8) is 0 Å². The van der Waals surface area contributed by atoms with Crippen LogP contribution in [0.2, 0.25) is 0 Å². The van der Waals surface area contributed by atoms with Gasteiger partial charge in [0.05, 0.1) is 0 Å². The number of nitrogens with one attached hydrogen (secondary N) is 1. The summed E-state index contributed by atoms with van der Waals surface area (Å²) in [6, 6.07) is 3.08. The molecule has 0 spiro atoms. The highest BCUT2D eigenvalue weighted by molar-refractivity contribution is 5.90. The van der Waals surface area contributed by atoms with Crippen LogP contribution in [0.4, 0.5) is 18.9 Å². The van der Waals surface area contributed by atoms with E-state index in [0.29, 0.717) is 18.8 Å². The van der Waals surface area contributed by atoms with Gasteiger partial charge in [0.25, 0.3) is 0 Å². The molecule has 1 N–H and O–H groups in total. The lowest BCUT2D eigenvalue weighted by molar-refractivity contribution is -0.117. The number of fused-ring (bicyclic) bond motifs is 1. The maximum absolute atomic E-state index is 13.7. The number of carbonyl (C=O) groups is 1. The van der Waals surface area contributed by atoms with Crippen LogP contribution in [0.1, 0.15) is 25.1 Å². The Balaban J connectivity index is 1.68. The molecular weight excluding hydrogens is 353 g/mol. The highest BCUT2D eigenvalue weighted by Gasteiger charge is 2.18. The second kappa shape index (κ2) is 7.63. The third kappa shape index (κ3) is 4.06. The fourth-order valence-corrected chi connectivity index (χ4v) is 2.83. The Morgan fingerprint density at radius 1 is 1.31 bits per heavy atom. The largest absolute Gasteiger partial charge is 0.432 e. The number of rotatable bonds is 5. The van der Waals surface area contributed by atoms with Crippen molar-refractivity contribution in [2.24, 2.45) is 0 Å². The van der Waals surface area contributed by atoms with Crippen molar-refractivity contribution in [2.75, 3.05) is 5.32 Å². The van der Waals surface area contributed by atoms with Crippen LogP contribution in [0.25, 0.3) is 0 Å². The van der Waals surface area contributed by atoms with Gasteiger partial charge in [-0.15, -0.1) is 0 Å². The van der Waals surface area contributed by atoms with Crippen LogP contribution in [-0.2, 0) is 24.3 Å². The monoisotopic (exact) mass is 370 g/mol. The Hall–Kier alpha value is -2.78. The smallest absolute Gasteiger partial charge is 0.387 e. The summed E-state index contributed by atoms with van der Waals surface area (Å²) < 4.78 is 44.5. The Bertz CT molecular complexity index is 863. The zero-order chi connectivity index (χ0) is 18.7. The summed E-state index contributed by atoms with van der Waals surface area (Å²) in [6.07, 6.45) is 3.53. The van der Waals surface area contributed by atoms with Crippen LogP contribution in [0.3, 0.4) is 0 Å². The second-order valence-corrected chi connectivity index (χ2v) is 5.89. The standard InChI is InChI=1S/C16H17F3N4O3/c17-11-8-10(5-6-12(11)26-15(18)19)20-14(24)9-23-16(25)22-7-3-1-2-4-13(22)21-23/h5-6,8,15H,1-4,7,9H2,(H,20,24). The van der Waals surface area contributed by atoms with E-state index in [1.165, 1.54) is 6.07 Å². The average Bonchev–Trinajstić information content (AvgIpc) is 2.74. The number of aromatic nitrogens is 3. The first-order chi connectivity index (χ1) is 12.4. The van der Waals surface area contributed by atoms with E-state index >= 15 is 0 Å². The van der Waals surface area contributed by atoms with E-state index in [1.54, 1.807) is 4.57 Å². The summed E-state index contributed by atoms with van der Waals surface area (Å²) in [6.45, 7) is -2.89. The third-order valence-electron chi connectivity index (χ3n) is 4.01. The normalized spacial score (nSPS) is 14.0. The number of benzene rings is 1. The summed E-state index contributed by atoms with van der Waals surface area (Å²) in [7, 11) is 0. The minimum atomic E-state index is -3.15. The Morgan fingerprint density at radius 3 is 2.85 bits per heavy atom. The summed E-state index contributed by atoms with van der Waals surface area (Å²) in [5.41, 5.74) is -0.299. The molecule has 2 aromatic rings. The van der Waals surface area contributed by atoms with Crippen molar-refractivity contribution in [1.82, 2.24) is 14.3 Å². The van der Waals surface area contributed by atoms with Gasteiger partial charge in [-0.1, -0.05) is 6.42 Å². The predicted molar refractivity (Wildman–Crippen MR) is 85.7 cm³/mol. The van der Waals surface area contributed by atoms with Gasteiger partial charge in [-0.25, -0.2) is 13.9 Å². The molecule has 0 unspecified atom stereocenters. The highest BCUT2D eigenvalue weighted by atomic mass is 19.3. The van der Waals surface area contributed by atoms with Crippen LogP contribution in [0.5, 0.6) is 5.75 Å². The molecule has 1 aromatic carbocycles. The number of carbonyl (C=O) groups excluding carboxylic acids is 1. The van der Waals surface area contributed by atoms with E-state index in [0.717, 1.165) is 36.1 Å². The maximum atomic E-state index is 13.7. The second-order valence-electron chi connectivity index (χ2n) is 5.89. The van der Waals surface area contributed by atoms with Gasteiger partial charge in [-0.3, -0.25) is 9.36 Å². The molecule has 1 aromatic heterocycles. The first-order valence-electron chi connectivity index (χ1n) is 8.15. The number of halogens is 3. The molecule has 0 saturated heterocycles. The first-order valence-corrected chi connectivity index (χ1v) is 8.15. The minimum absolute atomic E-state index is 0.0583. The molecule has 26 heavy (non-hydrogen) atoms. The fraction of sp³-hybridized carbons (Fsp3) is 0.438. The lowest BCUT2D eigenvalue weighted by Crippen LogP contribution is -2.30. The van der Waals surface area contributed by atoms with Crippen molar-refractivity contribution < 1.29 is 22.7 Å². The van der Waals surface area contributed by atoms with Gasteiger partial charge in [0, 0.05) is 24.7 Å². The first kappa shape index (κ1) is 18.0. The van der Waals surface area contributed by atoms with E-state index in [1.807, 2.05) is 0 Å². The molecule has 2 heterocycles. The van der Waals surface area contributed by atoms with Gasteiger partial charge in [0.2, 0.25) is 5.91 Å². The van der Waals surface area contributed by atoms with Gasteiger partial charge in [0.15, 0.2) is 11.6 Å². The molecule has 7 nitrogen and oxygen atoms in total. The molecular formula is C16H17F3N4O3. The molecule has 140 valence electrons. The topological polar surface area (TPSA) is 78.2 Å². The van der Waals surface area contributed by atoms with Crippen molar-refractivity contribution in [3.8, 4) is 5.75 Å². The molecule has 1 aliphatic rings. The van der Waals surface area contributed by atoms with Gasteiger partial charge in [-0.2, -0.15) is 13.9 Å². The summed E-state index contributed by atoms with van der Waals surface area (Å²) in [5.74, 6) is -1.58. The molecule has 3 rings (SSSR count). The van der Waals surface area contributed by atoms with E-state index in [2.05, 4.69) is 15.2 Å². The van der Waals surface area contributed by atoms with Gasteiger partial charge in [-0.05, 0) is 25.0 Å². The number of anilines is 1. The summed E-state index contributed by atoms with van der Waals surface area (Å²) >= 11 is 0. The molecule has 0 atom stereocenters. The number of amides is 1. The van der Waals surface area contributed by atoms with E-state index in [4.69, 9.17) is 0 Å². The third-order valence-corrected chi connectivity index (χ3v) is 4.01. The molecule has 1 amide bonds. The van der Waals surface area contributed by atoms with Crippen molar-refractivity contribution in [3.05, 3.63) is 40.3 Å². The average molecular weight is 370 g/mol. The van der Waals surface area contributed by atoms with E-state index < -0.39 is 24.1 Å². The molecule has 0 radical (unpaired) electrons. The Morgan fingerprint density at radius 2 is 2.12 bits per heavy atom. The van der Waals surface area contributed by atoms with Gasteiger partial charge >= 0.3 is 12.3 Å². The Kier molecular flexibility index (Phi) is 5.29. The molecule has 0 saturated carbocycles. The van der Waals surface area contributed by atoms with Crippen LogP contribution < -0.4 is 15.7 Å². The number of ether oxygens (including phenoxy) is 1. The maximum Gasteiger partial charge on any atom is 0.387 e. The Labute approximate surface area is 146 Å². The number of alkyl halides is 2. The van der Waals surface area contributed by atoms with E-state index in [-0.39, 0.29) is 17.9 Å². The van der Waals surface area contributed by atoms with Crippen molar-refractivity contribution in [2.45, 2.75) is 45.4 Å². The lowest BCUT2D eigenvalue weighted by Gasteiger charge is -2.08. The van der Waals surface area contributed by atoms with Gasteiger partial charge in [0.1, 0.15) is 12.4 Å². The van der Waals surface area contributed by atoms with Crippen molar-refractivity contribution >= 4 is 11.6 Å². The van der Waals surface area contributed by atoms with Crippen LogP contribution in [0, 0.1) is 5.82 Å². The number of nitrogens with zero attached hydrogens (tertiary/aromatic N) is 3. The zero-order valence-corrected chi connectivity index (χ0v) is 13.8. The summed E-state index contributed by atoms with van der Waals surface area (Å²) in [4.78, 5) is 24.4. The predicted octanol–water partition coefficient (Wildman–Crippen LogP) is 2.15. The zero-order valence-electron chi connectivity index (χ0n) is 13.8. The van der Waals surface area contributed by atoms with Crippen LogP contribution >= 0.6 is 0 Å². The molecule has 0 bridgehead atoms. The highest BCUT2D eigenvalue weighted by Crippen LogP contribution is 2.22. The molecule has 0 fully saturated rings. The number of hydrogen-bond donors (Lipinski definition) is 1. The quantitative estimate of drug-likeness (QED) is 0.875. The minimum Gasteiger partial charge on any atom is -0.432 e. The number of aryl methyl sites for hydroxylation is 1. The molecule has 0 aliphatic carbocycles. The molecule has 1 aliphatic heterocycles. The molecule has 10 heteroatoms. The number of hydrogen-bond acceptors (Lipinski definition) is 4. The van der Waals surface area contributed by atoms with Gasteiger partial charge < -0.3 is 10.1 Å². The van der Waals surface area contributed by atoms with Crippen LogP contribution in [-0.4, -0.2) is 26.9 Å². The summed E-state index contributed by atoms with van der Waals surface area (Å²) in [5, 5.41) is 6.59.